The molecular weight excluding hydrogens is 628 g/mol. The van der Waals surface area contributed by atoms with Gasteiger partial charge in [-0.05, 0) is 78.8 Å². The molecule has 13 heteroatoms. The second-order valence-corrected chi connectivity index (χ2v) is 11.8. The Balaban J connectivity index is 1.44. The number of phenols is 1. The van der Waals surface area contributed by atoms with Gasteiger partial charge in [0.05, 0.1) is 53.0 Å². The zero-order valence-corrected chi connectivity index (χ0v) is 25.0. The van der Waals surface area contributed by atoms with Crippen molar-refractivity contribution in [3.8, 4) is 5.75 Å². The van der Waals surface area contributed by atoms with Crippen LogP contribution in [0.1, 0.15) is 49.3 Å². The lowest BCUT2D eigenvalue weighted by atomic mass is 9.69. The third-order valence-electron chi connectivity index (χ3n) is 8.68. The third kappa shape index (κ3) is 6.50. The average molecular weight is 658 g/mol. The maximum absolute atomic E-state index is 13.8. The predicted octanol–water partition coefficient (Wildman–Crippen LogP) is 7.82. The fourth-order valence-electron chi connectivity index (χ4n) is 6.62. The van der Waals surface area contributed by atoms with Crippen molar-refractivity contribution in [1.82, 2.24) is 0 Å². The molecule has 0 aromatic heterocycles. The van der Waals surface area contributed by atoms with E-state index >= 15 is 0 Å². The maximum Gasteiger partial charge on any atom is 0.416 e. The van der Waals surface area contributed by atoms with Crippen LogP contribution in [-0.2, 0) is 31.4 Å². The van der Waals surface area contributed by atoms with Gasteiger partial charge >= 0.3 is 12.4 Å². The minimum absolute atomic E-state index is 0.0397. The molecule has 0 spiro atoms. The average Bonchev–Trinajstić information content (AvgIpc) is 3.49. The van der Waals surface area contributed by atoms with Crippen LogP contribution in [0.25, 0.3) is 6.08 Å². The molecule has 3 aliphatic rings. The fourth-order valence-corrected chi connectivity index (χ4v) is 6.85. The Morgan fingerprint density at radius 3 is 2.29 bits per heavy atom. The number of imide groups is 1. The van der Waals surface area contributed by atoms with Crippen molar-refractivity contribution in [3.63, 3.8) is 0 Å². The topological polar surface area (TPSA) is 76.1 Å². The Morgan fingerprint density at radius 1 is 1.04 bits per heavy atom. The number of benzene rings is 2. The van der Waals surface area contributed by atoms with Crippen LogP contribution < -0.4 is 4.90 Å². The Bertz CT molecular complexity index is 1530. The van der Waals surface area contributed by atoms with Crippen molar-refractivity contribution in [3.05, 3.63) is 74.8 Å². The van der Waals surface area contributed by atoms with E-state index in [9.17, 15) is 41.0 Å². The number of ether oxygens (including phenoxy) is 2. The summed E-state index contributed by atoms with van der Waals surface area (Å²) in [6, 6.07) is 5.44. The van der Waals surface area contributed by atoms with Gasteiger partial charge in [0.2, 0.25) is 11.8 Å². The molecule has 1 N–H and O–H groups in total. The van der Waals surface area contributed by atoms with Gasteiger partial charge in [-0.25, -0.2) is 4.90 Å². The summed E-state index contributed by atoms with van der Waals surface area (Å²) >= 11 is 6.27. The zero-order valence-electron chi connectivity index (χ0n) is 24.3. The van der Waals surface area contributed by atoms with Gasteiger partial charge in [-0.1, -0.05) is 30.2 Å². The molecule has 1 aliphatic carbocycles. The lowest BCUT2D eigenvalue weighted by Gasteiger charge is -2.31. The number of hydrogen-bond donors (Lipinski definition) is 1. The van der Waals surface area contributed by atoms with E-state index in [0.29, 0.717) is 41.3 Å². The number of fused-ring (bicyclic) bond motifs is 3. The molecule has 0 unspecified atom stereocenters. The number of allylic oxidation sites excluding steroid dienone is 1. The van der Waals surface area contributed by atoms with Gasteiger partial charge in [0.15, 0.2) is 0 Å². The Hall–Kier alpha value is -3.35. The van der Waals surface area contributed by atoms with Crippen molar-refractivity contribution >= 4 is 35.2 Å². The van der Waals surface area contributed by atoms with E-state index in [1.807, 2.05) is 13.0 Å². The number of rotatable bonds is 8. The highest BCUT2D eigenvalue weighted by molar-refractivity contribution is 6.32. The number of methoxy groups -OCH3 is 1. The second kappa shape index (κ2) is 12.4. The number of hydrogen-bond acceptors (Lipinski definition) is 5. The molecule has 5 rings (SSSR count). The lowest BCUT2D eigenvalue weighted by Crippen LogP contribution is -2.35. The number of nitrogens with zero attached hydrogens (tertiary/aromatic N) is 1. The number of alkyl halides is 6. The van der Waals surface area contributed by atoms with E-state index < -0.39 is 64.8 Å². The first-order valence-corrected chi connectivity index (χ1v) is 14.7. The quantitative estimate of drug-likeness (QED) is 0.178. The number of amides is 2. The molecule has 2 aromatic carbocycles. The van der Waals surface area contributed by atoms with Crippen LogP contribution in [0.5, 0.6) is 5.75 Å². The number of aromatic hydroxyl groups is 1. The van der Waals surface area contributed by atoms with E-state index in [1.54, 1.807) is 6.07 Å². The van der Waals surface area contributed by atoms with E-state index in [4.69, 9.17) is 21.1 Å². The molecule has 242 valence electrons. The second-order valence-electron chi connectivity index (χ2n) is 11.4. The Kier molecular flexibility index (Phi) is 9.14. The summed E-state index contributed by atoms with van der Waals surface area (Å²) in [4.78, 5) is 27.8. The summed E-state index contributed by atoms with van der Waals surface area (Å²) in [5.41, 5.74) is -0.691. The molecule has 0 radical (unpaired) electrons. The number of halogens is 7. The smallest absolute Gasteiger partial charge is 0.416 e. The largest absolute Gasteiger partial charge is 0.508 e. The predicted molar refractivity (Wildman–Crippen MR) is 153 cm³/mol. The van der Waals surface area contributed by atoms with Crippen LogP contribution >= 0.6 is 11.6 Å². The minimum Gasteiger partial charge on any atom is -0.508 e. The zero-order chi connectivity index (χ0) is 32.8. The molecule has 2 aliphatic heterocycles. The number of phenolic OH excluding ortho intramolecular Hbond substituents is 1. The van der Waals surface area contributed by atoms with Crippen molar-refractivity contribution in [1.29, 1.82) is 0 Å². The van der Waals surface area contributed by atoms with Gasteiger partial charge in [0.25, 0.3) is 0 Å². The molecule has 2 saturated heterocycles. The molecular formula is C32H30ClF6NO5. The highest BCUT2D eigenvalue weighted by Gasteiger charge is 2.57. The van der Waals surface area contributed by atoms with Crippen LogP contribution in [0.2, 0.25) is 5.02 Å². The Labute approximate surface area is 260 Å². The van der Waals surface area contributed by atoms with Gasteiger partial charge in [-0.2, -0.15) is 26.3 Å². The monoisotopic (exact) mass is 657 g/mol. The van der Waals surface area contributed by atoms with Gasteiger partial charge in [0.1, 0.15) is 5.75 Å². The highest BCUT2D eigenvalue weighted by atomic mass is 35.5. The molecule has 2 amide bonds. The molecule has 2 fully saturated rings. The van der Waals surface area contributed by atoms with Gasteiger partial charge < -0.3 is 14.6 Å². The van der Waals surface area contributed by atoms with E-state index in [-0.39, 0.29) is 31.5 Å². The summed E-state index contributed by atoms with van der Waals surface area (Å²) < 4.78 is 92.9. The summed E-state index contributed by atoms with van der Waals surface area (Å²) in [6.07, 6.45) is -6.92. The molecule has 4 atom stereocenters. The van der Waals surface area contributed by atoms with E-state index in [0.717, 1.165) is 22.3 Å². The standard InChI is InChI=1S/C32H30ClF6NO5/c1-3-16(8-17-5-6-22(41)13-25(17)33)4-7-26-27-18(14-44-2)9-23-28(24(27)15-45-26)30(43)40(29(23)42)21-11-19(31(34,35)36)10-20(12-21)32(37,38)39/h5-6,8,10-13,23-24,26,28,41H,3-4,7,9,14-15H2,1-2H3/b16-8+/t23-,24+,26-,28-/m1/s1. The number of carbonyl (C=O) groups excluding carboxylic acids is 2. The van der Waals surface area contributed by atoms with Crippen LogP contribution in [0.3, 0.4) is 0 Å². The normalized spacial score (nSPS) is 24.0. The number of carbonyl (C=O) groups is 2. The van der Waals surface area contributed by atoms with Crippen molar-refractivity contribution < 1.29 is 50.5 Å². The molecule has 45 heavy (non-hydrogen) atoms. The minimum atomic E-state index is -5.14. The maximum atomic E-state index is 13.8. The molecule has 2 heterocycles. The third-order valence-corrected chi connectivity index (χ3v) is 9.01. The van der Waals surface area contributed by atoms with Crippen LogP contribution in [-0.4, -0.2) is 43.3 Å². The van der Waals surface area contributed by atoms with Gasteiger partial charge in [-0.3, -0.25) is 9.59 Å². The van der Waals surface area contributed by atoms with Gasteiger partial charge in [-0.15, -0.1) is 0 Å². The van der Waals surface area contributed by atoms with Crippen molar-refractivity contribution in [2.75, 3.05) is 25.2 Å². The summed E-state index contributed by atoms with van der Waals surface area (Å²) in [7, 11) is 1.47. The summed E-state index contributed by atoms with van der Waals surface area (Å²) in [5, 5.41) is 10.0. The fraction of sp³-hybridized carbons (Fsp3) is 0.438. The first kappa shape index (κ1) is 33.0. The van der Waals surface area contributed by atoms with E-state index in [1.165, 1.54) is 19.2 Å². The first-order chi connectivity index (χ1) is 21.1. The SMILES string of the molecule is CC/C(=C\c1ccc(O)cc1Cl)CC[C@H]1OC[C@H]2C1=C(COC)C[C@H]1C(=O)N(c3cc(C(F)(F)F)cc(C(F)(F)F)c3)C(=O)[C@H]12. The molecule has 0 saturated carbocycles. The number of anilines is 1. The van der Waals surface area contributed by atoms with Gasteiger partial charge in [0, 0.05) is 13.0 Å². The van der Waals surface area contributed by atoms with Crippen molar-refractivity contribution in [2.24, 2.45) is 17.8 Å². The lowest BCUT2D eigenvalue weighted by molar-refractivity contribution is -0.143. The molecule has 0 bridgehead atoms. The summed E-state index contributed by atoms with van der Waals surface area (Å²) in [5.74, 6) is -4.23. The molecule has 6 nitrogen and oxygen atoms in total. The van der Waals surface area contributed by atoms with Crippen LogP contribution in [0.15, 0.2) is 53.1 Å². The van der Waals surface area contributed by atoms with Crippen LogP contribution in [0, 0.1) is 17.8 Å². The van der Waals surface area contributed by atoms with Crippen molar-refractivity contribution in [2.45, 2.75) is 51.1 Å². The van der Waals surface area contributed by atoms with E-state index in [2.05, 4.69) is 0 Å². The Morgan fingerprint density at radius 2 is 1.71 bits per heavy atom. The first-order valence-electron chi connectivity index (χ1n) is 14.3. The highest BCUT2D eigenvalue weighted by Crippen LogP contribution is 2.51. The van der Waals surface area contributed by atoms with Crippen LogP contribution in [0.4, 0.5) is 32.0 Å². The molecule has 2 aromatic rings. The summed E-state index contributed by atoms with van der Waals surface area (Å²) in [6.45, 7) is 2.17.